The molecular formula is C36H55F3N2. The van der Waals surface area contributed by atoms with Gasteiger partial charge in [0.1, 0.15) is 0 Å². The highest BCUT2D eigenvalue weighted by atomic mass is 19.4. The Labute approximate surface area is 248 Å². The first-order valence-corrected chi connectivity index (χ1v) is 15.8. The van der Waals surface area contributed by atoms with Crippen LogP contribution in [0.25, 0.3) is 0 Å². The zero-order valence-electron chi connectivity index (χ0n) is 26.9. The molecule has 0 radical (unpaired) electrons. The molecule has 41 heavy (non-hydrogen) atoms. The highest BCUT2D eigenvalue weighted by molar-refractivity contribution is 5.59. The number of hydrogen-bond acceptors (Lipinski definition) is 2. The smallest absolute Gasteiger partial charge is 0.388 e. The van der Waals surface area contributed by atoms with E-state index in [1.54, 1.807) is 6.07 Å². The van der Waals surface area contributed by atoms with Crippen LogP contribution in [0.3, 0.4) is 0 Å². The van der Waals surface area contributed by atoms with Gasteiger partial charge in [0.2, 0.25) is 0 Å². The molecule has 1 aromatic rings. The molecule has 2 fully saturated rings. The molecule has 0 aromatic heterocycles. The van der Waals surface area contributed by atoms with E-state index >= 15 is 0 Å². The SMILES string of the molecule is C=C/C=C(/NCCC)[C@](C)(CCC)C1CC[C@]2(C)C(C(=C)Nc3cc(C(F)(F)F)ccc3C(C)(C)C)CCC2C1C. The molecule has 0 heterocycles. The van der Waals surface area contributed by atoms with Crippen molar-refractivity contribution in [3.8, 4) is 0 Å². The molecule has 0 spiro atoms. The van der Waals surface area contributed by atoms with Crippen molar-refractivity contribution in [1.29, 1.82) is 0 Å². The fraction of sp³-hybridized carbons (Fsp3) is 0.667. The molecule has 2 N–H and O–H groups in total. The van der Waals surface area contributed by atoms with E-state index in [9.17, 15) is 13.2 Å². The van der Waals surface area contributed by atoms with Crippen molar-refractivity contribution in [2.75, 3.05) is 11.9 Å². The minimum absolute atomic E-state index is 0.0475. The van der Waals surface area contributed by atoms with E-state index in [4.69, 9.17) is 0 Å². The Morgan fingerprint density at radius 1 is 1.07 bits per heavy atom. The molecule has 4 unspecified atom stereocenters. The molecular weight excluding hydrogens is 517 g/mol. The van der Waals surface area contributed by atoms with Gasteiger partial charge in [-0.2, -0.15) is 13.2 Å². The van der Waals surface area contributed by atoms with Gasteiger partial charge in [-0.05, 0) is 90.9 Å². The third kappa shape index (κ3) is 6.75. The molecule has 6 atom stereocenters. The average molecular weight is 573 g/mol. The predicted molar refractivity (Wildman–Crippen MR) is 169 cm³/mol. The summed E-state index contributed by atoms with van der Waals surface area (Å²) < 4.78 is 41.0. The van der Waals surface area contributed by atoms with Crippen molar-refractivity contribution in [3.05, 3.63) is 66.0 Å². The molecule has 2 aliphatic rings. The van der Waals surface area contributed by atoms with Gasteiger partial charge in [-0.1, -0.05) is 87.1 Å². The van der Waals surface area contributed by atoms with Gasteiger partial charge in [0, 0.05) is 35.0 Å². The Balaban J connectivity index is 1.90. The lowest BCUT2D eigenvalue weighted by Gasteiger charge is -2.54. The van der Waals surface area contributed by atoms with E-state index < -0.39 is 11.7 Å². The Hall–Kier alpha value is -2.17. The van der Waals surface area contributed by atoms with Crippen LogP contribution in [-0.4, -0.2) is 6.54 Å². The van der Waals surface area contributed by atoms with Crippen molar-refractivity contribution in [1.82, 2.24) is 5.32 Å². The maximum Gasteiger partial charge on any atom is 0.416 e. The molecule has 0 aliphatic heterocycles. The Kier molecular flexibility index (Phi) is 10.2. The van der Waals surface area contributed by atoms with Gasteiger partial charge in [-0.25, -0.2) is 0 Å². The van der Waals surface area contributed by atoms with E-state index in [1.165, 1.54) is 17.8 Å². The molecule has 2 nitrogen and oxygen atoms in total. The van der Waals surface area contributed by atoms with Gasteiger partial charge < -0.3 is 10.6 Å². The van der Waals surface area contributed by atoms with Gasteiger partial charge in [-0.15, -0.1) is 0 Å². The van der Waals surface area contributed by atoms with Crippen LogP contribution in [0.4, 0.5) is 18.9 Å². The largest absolute Gasteiger partial charge is 0.416 e. The van der Waals surface area contributed by atoms with E-state index in [0.29, 0.717) is 23.4 Å². The van der Waals surface area contributed by atoms with Crippen molar-refractivity contribution < 1.29 is 13.2 Å². The first-order valence-electron chi connectivity index (χ1n) is 15.8. The molecule has 0 amide bonds. The monoisotopic (exact) mass is 572 g/mol. The van der Waals surface area contributed by atoms with Crippen molar-refractivity contribution >= 4 is 5.69 Å². The summed E-state index contributed by atoms with van der Waals surface area (Å²) in [6, 6.07) is 4.09. The maximum atomic E-state index is 13.7. The lowest BCUT2D eigenvalue weighted by Crippen LogP contribution is -2.48. The number of nitrogens with one attached hydrogen (secondary N) is 2. The van der Waals surface area contributed by atoms with Crippen LogP contribution in [0.15, 0.2) is 54.9 Å². The van der Waals surface area contributed by atoms with Crippen LogP contribution in [0.2, 0.25) is 0 Å². The molecule has 1 aromatic carbocycles. The molecule has 2 saturated carbocycles. The number of anilines is 1. The molecule has 0 bridgehead atoms. The molecule has 3 rings (SSSR count). The second kappa shape index (κ2) is 12.6. The normalized spacial score (nSPS) is 28.5. The highest BCUT2D eigenvalue weighted by Gasteiger charge is 2.56. The first kappa shape index (κ1) is 33.3. The molecule has 230 valence electrons. The number of fused-ring (bicyclic) bond motifs is 1. The number of halogens is 3. The summed E-state index contributed by atoms with van der Waals surface area (Å²) in [6.45, 7) is 27.4. The van der Waals surface area contributed by atoms with Gasteiger partial charge in [0.05, 0.1) is 5.56 Å². The van der Waals surface area contributed by atoms with Crippen LogP contribution < -0.4 is 10.6 Å². The van der Waals surface area contributed by atoms with Crippen LogP contribution in [-0.2, 0) is 11.6 Å². The fourth-order valence-electron chi connectivity index (χ4n) is 8.57. The minimum atomic E-state index is -4.39. The van der Waals surface area contributed by atoms with E-state index in [2.05, 4.69) is 64.5 Å². The number of allylic oxidation sites excluding steroid dienone is 4. The number of hydrogen-bond donors (Lipinski definition) is 2. The second-order valence-corrected chi connectivity index (χ2v) is 14.3. The van der Waals surface area contributed by atoms with Gasteiger partial charge in [-0.3, -0.25) is 0 Å². The number of alkyl halides is 3. The summed E-state index contributed by atoms with van der Waals surface area (Å²) in [6.07, 6.45) is 7.43. The summed E-state index contributed by atoms with van der Waals surface area (Å²) in [5.41, 5.74) is 2.77. The fourth-order valence-corrected chi connectivity index (χ4v) is 8.57. The summed E-state index contributed by atoms with van der Waals surface area (Å²) >= 11 is 0. The standard InChI is InChI=1S/C36H55F3N2/c1-11-14-32(40-22-13-3)35(10,20-12-2)28-19-21-34(9)27(24(28)4)17-18-29(34)25(5)41-31-23-26(36(37,38)39)15-16-30(31)33(6,7)8/h11,14-16,23-24,27-29,40-41H,1,5,12-13,17-22H2,2-4,6-10H3/b32-14+/t24?,27?,28?,29?,34-,35+/m0/s1. The highest BCUT2D eigenvalue weighted by Crippen LogP contribution is 2.64. The molecule has 0 saturated heterocycles. The van der Waals surface area contributed by atoms with Crippen molar-refractivity contribution in [2.45, 2.75) is 112 Å². The summed E-state index contributed by atoms with van der Waals surface area (Å²) in [4.78, 5) is 0. The quantitative estimate of drug-likeness (QED) is 0.258. The van der Waals surface area contributed by atoms with Gasteiger partial charge in [0.25, 0.3) is 0 Å². The molecule has 5 heteroatoms. The van der Waals surface area contributed by atoms with E-state index in [0.717, 1.165) is 62.8 Å². The average Bonchev–Trinajstić information content (AvgIpc) is 3.23. The van der Waals surface area contributed by atoms with Crippen LogP contribution in [0.5, 0.6) is 0 Å². The van der Waals surface area contributed by atoms with Crippen molar-refractivity contribution in [3.63, 3.8) is 0 Å². The molecule has 2 aliphatic carbocycles. The maximum absolute atomic E-state index is 13.7. The Bertz CT molecular complexity index is 1110. The number of benzene rings is 1. The van der Waals surface area contributed by atoms with Gasteiger partial charge >= 0.3 is 6.18 Å². The van der Waals surface area contributed by atoms with E-state index in [-0.39, 0.29) is 22.2 Å². The topological polar surface area (TPSA) is 24.1 Å². The van der Waals surface area contributed by atoms with Crippen LogP contribution in [0.1, 0.15) is 111 Å². The lowest BCUT2D eigenvalue weighted by molar-refractivity contribution is -0.137. The van der Waals surface area contributed by atoms with Crippen molar-refractivity contribution in [2.24, 2.45) is 34.5 Å². The minimum Gasteiger partial charge on any atom is -0.388 e. The zero-order chi connectivity index (χ0) is 30.8. The summed E-state index contributed by atoms with van der Waals surface area (Å²) in [5, 5.41) is 7.20. The van der Waals surface area contributed by atoms with Gasteiger partial charge in [0.15, 0.2) is 0 Å². The van der Waals surface area contributed by atoms with E-state index in [1.807, 2.05) is 26.8 Å². The summed E-state index contributed by atoms with van der Waals surface area (Å²) in [7, 11) is 0. The first-order chi connectivity index (χ1) is 19.0. The Morgan fingerprint density at radius 2 is 1.76 bits per heavy atom. The number of rotatable bonds is 11. The second-order valence-electron chi connectivity index (χ2n) is 14.3. The summed E-state index contributed by atoms with van der Waals surface area (Å²) in [5.74, 6) is 1.84. The predicted octanol–water partition coefficient (Wildman–Crippen LogP) is 10.9. The Morgan fingerprint density at radius 3 is 2.32 bits per heavy atom. The third-order valence-corrected chi connectivity index (χ3v) is 10.6. The third-order valence-electron chi connectivity index (χ3n) is 10.6. The van der Waals surface area contributed by atoms with Crippen LogP contribution >= 0.6 is 0 Å². The lowest BCUT2D eigenvalue weighted by atomic mass is 9.52. The zero-order valence-corrected chi connectivity index (χ0v) is 26.9. The van der Waals surface area contributed by atoms with Crippen LogP contribution in [0, 0.1) is 34.5 Å².